The van der Waals surface area contributed by atoms with E-state index in [1.165, 1.54) is 7.11 Å². The second-order valence-corrected chi connectivity index (χ2v) is 3.29. The predicted octanol–water partition coefficient (Wildman–Crippen LogP) is 1.69. The van der Waals surface area contributed by atoms with Crippen LogP contribution in [0.2, 0.25) is 0 Å². The maximum absolute atomic E-state index is 10.9. The van der Waals surface area contributed by atoms with Gasteiger partial charge in [-0.15, -0.1) is 0 Å². The van der Waals surface area contributed by atoms with Crippen molar-refractivity contribution in [3.8, 4) is 0 Å². The fourth-order valence-electron chi connectivity index (χ4n) is 1.48. The number of ether oxygens (including phenoxy) is 2. The first-order valence-corrected chi connectivity index (χ1v) is 4.58. The highest BCUT2D eigenvalue weighted by Gasteiger charge is 2.41. The molecule has 1 fully saturated rings. The number of rotatable bonds is 3. The molecule has 0 bridgehead atoms. The third-order valence-corrected chi connectivity index (χ3v) is 2.31. The molecule has 0 spiro atoms. The molecule has 0 amide bonds. The summed E-state index contributed by atoms with van der Waals surface area (Å²) in [5, 5.41) is 0. The van der Waals surface area contributed by atoms with Crippen molar-refractivity contribution in [1.29, 1.82) is 0 Å². The Balaban J connectivity index is 1.91. The van der Waals surface area contributed by atoms with Gasteiger partial charge in [0.05, 0.1) is 19.6 Å². The van der Waals surface area contributed by atoms with Crippen LogP contribution < -0.4 is 0 Å². The summed E-state index contributed by atoms with van der Waals surface area (Å²) in [6.45, 7) is 0. The van der Waals surface area contributed by atoms with Crippen molar-refractivity contribution >= 4 is 5.97 Å². The maximum Gasteiger partial charge on any atom is 0.308 e. The minimum atomic E-state index is -0.214. The summed E-state index contributed by atoms with van der Waals surface area (Å²) in [5.74, 6) is -0.214. The molecule has 1 aliphatic heterocycles. The molecule has 0 aromatic heterocycles. The van der Waals surface area contributed by atoms with Crippen molar-refractivity contribution in [2.75, 3.05) is 7.11 Å². The van der Waals surface area contributed by atoms with Gasteiger partial charge in [0.25, 0.3) is 0 Å². The van der Waals surface area contributed by atoms with E-state index in [4.69, 9.17) is 4.74 Å². The Morgan fingerprint density at radius 3 is 2.79 bits per heavy atom. The van der Waals surface area contributed by atoms with E-state index in [0.717, 1.165) is 5.56 Å². The zero-order valence-corrected chi connectivity index (χ0v) is 7.97. The molecule has 0 saturated carbocycles. The van der Waals surface area contributed by atoms with Crippen LogP contribution in [-0.4, -0.2) is 19.2 Å². The lowest BCUT2D eigenvalue weighted by Crippen LogP contribution is -2.04. The highest BCUT2D eigenvalue weighted by Crippen LogP contribution is 2.40. The molecule has 74 valence electrons. The third-order valence-electron chi connectivity index (χ3n) is 2.31. The molecule has 14 heavy (non-hydrogen) atoms. The molecule has 0 unspecified atom stereocenters. The average molecular weight is 192 g/mol. The summed E-state index contributed by atoms with van der Waals surface area (Å²) >= 11 is 0. The lowest BCUT2D eigenvalue weighted by Gasteiger charge is -1.95. The smallest absolute Gasteiger partial charge is 0.308 e. The zero-order valence-electron chi connectivity index (χ0n) is 7.97. The van der Waals surface area contributed by atoms with E-state index in [2.05, 4.69) is 4.74 Å². The molecule has 1 aromatic rings. The molecule has 0 N–H and O–H groups in total. The minimum absolute atomic E-state index is 0.00449. The van der Waals surface area contributed by atoms with Gasteiger partial charge in [-0.05, 0) is 5.56 Å². The monoisotopic (exact) mass is 192 g/mol. The van der Waals surface area contributed by atoms with Gasteiger partial charge < -0.3 is 9.47 Å². The Morgan fingerprint density at radius 2 is 2.14 bits per heavy atom. The van der Waals surface area contributed by atoms with E-state index in [0.29, 0.717) is 6.42 Å². The standard InChI is InChI=1S/C11H12O3/c1-13-10(12)7-9-11(14-9)8-5-3-2-4-6-8/h2-6,9,11H,7H2,1H3/t9-,11-/m0/s1. The largest absolute Gasteiger partial charge is 0.469 e. The quantitative estimate of drug-likeness (QED) is 0.540. The molecule has 1 heterocycles. The van der Waals surface area contributed by atoms with Gasteiger partial charge in [0.2, 0.25) is 0 Å². The van der Waals surface area contributed by atoms with E-state index in [1.807, 2.05) is 30.3 Å². The number of carbonyl (C=O) groups is 1. The van der Waals surface area contributed by atoms with Crippen molar-refractivity contribution in [1.82, 2.24) is 0 Å². The Hall–Kier alpha value is -1.35. The highest BCUT2D eigenvalue weighted by atomic mass is 16.6. The first-order valence-electron chi connectivity index (χ1n) is 4.58. The van der Waals surface area contributed by atoms with E-state index in [9.17, 15) is 4.79 Å². The Kier molecular flexibility index (Phi) is 2.50. The molecule has 2 atom stereocenters. The van der Waals surface area contributed by atoms with E-state index >= 15 is 0 Å². The molecular formula is C11H12O3. The predicted molar refractivity (Wildman–Crippen MR) is 50.7 cm³/mol. The minimum Gasteiger partial charge on any atom is -0.469 e. The number of carbonyl (C=O) groups excluding carboxylic acids is 1. The molecule has 0 aliphatic carbocycles. The first-order chi connectivity index (χ1) is 6.81. The Morgan fingerprint density at radius 1 is 1.43 bits per heavy atom. The molecule has 1 aliphatic rings. The van der Waals surface area contributed by atoms with Crippen LogP contribution in [0.4, 0.5) is 0 Å². The van der Waals surface area contributed by atoms with Gasteiger partial charge in [-0.2, -0.15) is 0 Å². The summed E-state index contributed by atoms with van der Waals surface area (Å²) in [7, 11) is 1.39. The van der Waals surface area contributed by atoms with Crippen molar-refractivity contribution in [3.05, 3.63) is 35.9 Å². The third kappa shape index (κ3) is 1.93. The fourth-order valence-corrected chi connectivity index (χ4v) is 1.48. The maximum atomic E-state index is 10.9. The van der Waals surface area contributed by atoms with Crippen LogP contribution in [0, 0.1) is 0 Å². The lowest BCUT2D eigenvalue weighted by molar-refractivity contribution is -0.140. The molecule has 1 aromatic carbocycles. The summed E-state index contributed by atoms with van der Waals surface area (Å²) < 4.78 is 9.94. The molecule has 3 heteroatoms. The van der Waals surface area contributed by atoms with Crippen LogP contribution in [-0.2, 0) is 14.3 Å². The topological polar surface area (TPSA) is 38.8 Å². The number of methoxy groups -OCH3 is 1. The number of epoxide rings is 1. The van der Waals surface area contributed by atoms with Crippen LogP contribution >= 0.6 is 0 Å². The van der Waals surface area contributed by atoms with Crippen LogP contribution in [0.1, 0.15) is 18.1 Å². The molecule has 2 rings (SSSR count). The van der Waals surface area contributed by atoms with E-state index in [1.54, 1.807) is 0 Å². The normalized spacial score (nSPS) is 24.4. The van der Waals surface area contributed by atoms with Crippen LogP contribution in [0.25, 0.3) is 0 Å². The second kappa shape index (κ2) is 3.80. The molecular weight excluding hydrogens is 180 g/mol. The first kappa shape index (κ1) is 9.21. The summed E-state index contributed by atoms with van der Waals surface area (Å²) in [6, 6.07) is 9.89. The van der Waals surface area contributed by atoms with Crippen molar-refractivity contribution in [2.24, 2.45) is 0 Å². The van der Waals surface area contributed by atoms with Gasteiger partial charge in [-0.1, -0.05) is 30.3 Å². The van der Waals surface area contributed by atoms with Gasteiger partial charge in [0.15, 0.2) is 0 Å². The second-order valence-electron chi connectivity index (χ2n) is 3.29. The number of esters is 1. The van der Waals surface area contributed by atoms with Crippen LogP contribution in [0.5, 0.6) is 0 Å². The van der Waals surface area contributed by atoms with Crippen LogP contribution in [0.3, 0.4) is 0 Å². The lowest BCUT2D eigenvalue weighted by atomic mass is 10.1. The zero-order chi connectivity index (χ0) is 9.97. The van der Waals surface area contributed by atoms with Crippen molar-refractivity contribution < 1.29 is 14.3 Å². The van der Waals surface area contributed by atoms with Gasteiger partial charge in [0.1, 0.15) is 6.10 Å². The summed E-state index contributed by atoms with van der Waals surface area (Å²) in [5.41, 5.74) is 1.13. The van der Waals surface area contributed by atoms with Gasteiger partial charge in [0, 0.05) is 0 Å². The summed E-state index contributed by atoms with van der Waals surface area (Å²) in [4.78, 5) is 10.9. The Labute approximate surface area is 82.6 Å². The number of hydrogen-bond donors (Lipinski definition) is 0. The van der Waals surface area contributed by atoms with Gasteiger partial charge >= 0.3 is 5.97 Å². The summed E-state index contributed by atoms with van der Waals surface area (Å²) in [6.07, 6.45) is 0.427. The number of hydrogen-bond acceptors (Lipinski definition) is 3. The number of benzene rings is 1. The van der Waals surface area contributed by atoms with Crippen molar-refractivity contribution in [3.63, 3.8) is 0 Å². The van der Waals surface area contributed by atoms with Crippen LogP contribution in [0.15, 0.2) is 30.3 Å². The Bertz CT molecular complexity index is 321. The average Bonchev–Trinajstić information content (AvgIpc) is 2.98. The molecule has 0 radical (unpaired) electrons. The van der Waals surface area contributed by atoms with Gasteiger partial charge in [-0.25, -0.2) is 0 Å². The van der Waals surface area contributed by atoms with E-state index in [-0.39, 0.29) is 18.2 Å². The molecule has 3 nitrogen and oxygen atoms in total. The van der Waals surface area contributed by atoms with Crippen molar-refractivity contribution in [2.45, 2.75) is 18.6 Å². The fraction of sp³-hybridized carbons (Fsp3) is 0.364. The SMILES string of the molecule is COC(=O)C[C@@H]1O[C@H]1c1ccccc1. The highest BCUT2D eigenvalue weighted by molar-refractivity contribution is 5.70. The molecule has 1 saturated heterocycles. The van der Waals surface area contributed by atoms with E-state index < -0.39 is 0 Å². The van der Waals surface area contributed by atoms with Gasteiger partial charge in [-0.3, -0.25) is 4.79 Å².